The van der Waals surface area contributed by atoms with E-state index in [2.05, 4.69) is 37.2 Å². The summed E-state index contributed by atoms with van der Waals surface area (Å²) >= 11 is 1.86. The zero-order valence-electron chi connectivity index (χ0n) is 11.5. The lowest BCUT2D eigenvalue weighted by atomic mass is 10.1. The lowest BCUT2D eigenvalue weighted by molar-refractivity contribution is -0.130. The molecule has 0 aromatic carbocycles. The van der Waals surface area contributed by atoms with Crippen molar-refractivity contribution in [2.45, 2.75) is 52.2 Å². The molecule has 0 aromatic heterocycles. The molecule has 0 radical (unpaired) electrons. The van der Waals surface area contributed by atoms with Gasteiger partial charge in [0.1, 0.15) is 0 Å². The van der Waals surface area contributed by atoms with E-state index >= 15 is 0 Å². The molecular weight excluding hydrogens is 232 g/mol. The molecule has 0 aliphatic carbocycles. The molecule has 4 heteroatoms. The van der Waals surface area contributed by atoms with Crippen molar-refractivity contribution in [2.24, 2.45) is 5.92 Å². The predicted octanol–water partition coefficient (Wildman–Crippen LogP) is 2.32. The summed E-state index contributed by atoms with van der Waals surface area (Å²) in [6, 6.07) is 0.0615. The molecule has 3 nitrogen and oxygen atoms in total. The highest BCUT2D eigenvalue weighted by Crippen LogP contribution is 2.19. The van der Waals surface area contributed by atoms with Crippen LogP contribution in [-0.2, 0) is 4.79 Å². The molecule has 1 N–H and O–H groups in total. The minimum atomic E-state index is 0.0615. The number of nitrogens with one attached hydrogen (secondary N) is 1. The van der Waals surface area contributed by atoms with Gasteiger partial charge in [0.2, 0.25) is 5.91 Å². The maximum Gasteiger partial charge on any atom is 0.241 e. The second-order valence-corrected chi connectivity index (χ2v) is 5.89. The molecule has 0 aromatic rings. The van der Waals surface area contributed by atoms with Gasteiger partial charge in [0, 0.05) is 6.54 Å². The summed E-state index contributed by atoms with van der Waals surface area (Å²) in [5, 5.41) is 3.46. The Morgan fingerprint density at radius 2 is 2.18 bits per heavy atom. The summed E-state index contributed by atoms with van der Waals surface area (Å²) in [7, 11) is 0. The Labute approximate surface area is 110 Å². The van der Waals surface area contributed by atoms with Gasteiger partial charge in [0.15, 0.2) is 0 Å². The van der Waals surface area contributed by atoms with Crippen molar-refractivity contribution < 1.29 is 4.79 Å². The Balaban J connectivity index is 2.58. The first-order valence-electron chi connectivity index (χ1n) is 6.69. The van der Waals surface area contributed by atoms with Crippen LogP contribution >= 0.6 is 11.8 Å². The van der Waals surface area contributed by atoms with Gasteiger partial charge in [0.05, 0.1) is 12.2 Å². The monoisotopic (exact) mass is 258 g/mol. The first kappa shape index (κ1) is 14.8. The van der Waals surface area contributed by atoms with E-state index in [9.17, 15) is 4.79 Å². The molecule has 3 unspecified atom stereocenters. The Kier molecular flexibility index (Phi) is 6.34. The number of carbonyl (C=O) groups is 1. The second-order valence-electron chi connectivity index (χ2n) is 4.98. The number of hydrogen-bond acceptors (Lipinski definition) is 3. The second kappa shape index (κ2) is 7.27. The Morgan fingerprint density at radius 1 is 1.47 bits per heavy atom. The molecule has 0 saturated carbocycles. The summed E-state index contributed by atoms with van der Waals surface area (Å²) in [6.07, 6.45) is 5.40. The largest absolute Gasteiger partial charge is 0.326 e. The normalized spacial score (nSPS) is 26.6. The van der Waals surface area contributed by atoms with Gasteiger partial charge in [-0.1, -0.05) is 27.2 Å². The average Bonchev–Trinajstić information content (AvgIpc) is 2.58. The van der Waals surface area contributed by atoms with Crippen LogP contribution in [0.3, 0.4) is 0 Å². The van der Waals surface area contributed by atoms with Gasteiger partial charge < -0.3 is 4.90 Å². The van der Waals surface area contributed by atoms with Gasteiger partial charge in [-0.05, 0) is 30.8 Å². The summed E-state index contributed by atoms with van der Waals surface area (Å²) < 4.78 is 0. The number of amides is 1. The first-order valence-corrected chi connectivity index (χ1v) is 8.08. The highest BCUT2D eigenvalue weighted by atomic mass is 32.2. The van der Waals surface area contributed by atoms with Crippen LogP contribution in [0.5, 0.6) is 0 Å². The van der Waals surface area contributed by atoms with E-state index in [0.717, 1.165) is 31.6 Å². The fourth-order valence-electron chi connectivity index (χ4n) is 2.47. The quantitative estimate of drug-likeness (QED) is 0.760. The molecule has 100 valence electrons. The maximum atomic E-state index is 12.3. The van der Waals surface area contributed by atoms with Crippen LogP contribution in [0.1, 0.15) is 40.0 Å². The van der Waals surface area contributed by atoms with Crippen molar-refractivity contribution >= 4 is 17.7 Å². The summed E-state index contributed by atoms with van der Waals surface area (Å²) in [4.78, 5) is 14.3. The summed E-state index contributed by atoms with van der Waals surface area (Å²) in [6.45, 7) is 7.40. The third kappa shape index (κ3) is 3.88. The lowest BCUT2D eigenvalue weighted by Gasteiger charge is -2.26. The number of nitrogens with zero attached hydrogens (tertiary/aromatic N) is 1. The number of carbonyl (C=O) groups excluding carboxylic acids is 1. The van der Waals surface area contributed by atoms with E-state index in [1.807, 2.05) is 11.8 Å². The third-order valence-corrected chi connectivity index (χ3v) is 4.18. The van der Waals surface area contributed by atoms with E-state index in [-0.39, 0.29) is 12.2 Å². The molecule has 0 bridgehead atoms. The predicted molar refractivity (Wildman–Crippen MR) is 75.2 cm³/mol. The maximum absolute atomic E-state index is 12.3. The van der Waals surface area contributed by atoms with Crippen molar-refractivity contribution in [1.82, 2.24) is 10.2 Å². The number of thioether (sulfide) groups is 1. The van der Waals surface area contributed by atoms with Gasteiger partial charge in [-0.2, -0.15) is 11.8 Å². The standard InChI is InChI=1S/C13H26N2OS/c1-5-7-11-13(16)15(12(6-2)14-11)8-10(3)9-17-4/h10-12,14H,5-9H2,1-4H3. The molecule has 1 saturated heterocycles. The van der Waals surface area contributed by atoms with Crippen LogP contribution in [0.2, 0.25) is 0 Å². The van der Waals surface area contributed by atoms with Crippen LogP contribution in [0.4, 0.5) is 0 Å². The van der Waals surface area contributed by atoms with E-state index in [0.29, 0.717) is 11.8 Å². The van der Waals surface area contributed by atoms with Crippen LogP contribution in [0.25, 0.3) is 0 Å². The van der Waals surface area contributed by atoms with Gasteiger partial charge in [-0.25, -0.2) is 0 Å². The molecule has 3 atom stereocenters. The topological polar surface area (TPSA) is 32.3 Å². The molecule has 1 amide bonds. The number of hydrogen-bond donors (Lipinski definition) is 1. The van der Waals surface area contributed by atoms with Gasteiger partial charge in [0.25, 0.3) is 0 Å². The molecule has 1 fully saturated rings. The summed E-state index contributed by atoms with van der Waals surface area (Å²) in [5.74, 6) is 2.01. The average molecular weight is 258 g/mol. The van der Waals surface area contributed by atoms with Gasteiger partial charge >= 0.3 is 0 Å². The summed E-state index contributed by atoms with van der Waals surface area (Å²) in [5.41, 5.74) is 0. The van der Waals surface area contributed by atoms with Crippen molar-refractivity contribution in [3.63, 3.8) is 0 Å². The Morgan fingerprint density at radius 3 is 2.71 bits per heavy atom. The molecule has 17 heavy (non-hydrogen) atoms. The molecular formula is C13H26N2OS. The van der Waals surface area contributed by atoms with Gasteiger partial charge in [-0.3, -0.25) is 10.1 Å². The van der Waals surface area contributed by atoms with Crippen LogP contribution in [-0.4, -0.2) is 41.6 Å². The highest BCUT2D eigenvalue weighted by molar-refractivity contribution is 7.98. The van der Waals surface area contributed by atoms with Crippen LogP contribution < -0.4 is 5.32 Å². The van der Waals surface area contributed by atoms with E-state index < -0.39 is 0 Å². The lowest BCUT2D eigenvalue weighted by Crippen LogP contribution is -2.39. The zero-order valence-corrected chi connectivity index (χ0v) is 12.3. The SMILES string of the molecule is CCCC1NC(CC)N(CC(C)CSC)C1=O. The minimum absolute atomic E-state index is 0.0615. The smallest absolute Gasteiger partial charge is 0.241 e. The van der Waals surface area contributed by atoms with E-state index in [1.165, 1.54) is 0 Å². The van der Waals surface area contributed by atoms with Crippen LogP contribution in [0, 0.1) is 5.92 Å². The van der Waals surface area contributed by atoms with Crippen molar-refractivity contribution in [3.8, 4) is 0 Å². The third-order valence-electron chi connectivity index (χ3n) is 3.27. The van der Waals surface area contributed by atoms with Crippen molar-refractivity contribution in [1.29, 1.82) is 0 Å². The number of rotatable bonds is 7. The highest BCUT2D eigenvalue weighted by Gasteiger charge is 2.37. The first-order chi connectivity index (χ1) is 8.13. The molecule has 1 rings (SSSR count). The molecule has 1 aliphatic heterocycles. The molecule has 0 spiro atoms. The molecule has 1 heterocycles. The zero-order chi connectivity index (χ0) is 12.8. The minimum Gasteiger partial charge on any atom is -0.326 e. The Hall–Kier alpha value is -0.220. The van der Waals surface area contributed by atoms with E-state index in [1.54, 1.807) is 0 Å². The van der Waals surface area contributed by atoms with E-state index in [4.69, 9.17) is 0 Å². The van der Waals surface area contributed by atoms with Gasteiger partial charge in [-0.15, -0.1) is 0 Å². The fraction of sp³-hybridized carbons (Fsp3) is 0.923. The van der Waals surface area contributed by atoms with Crippen LogP contribution in [0.15, 0.2) is 0 Å². The molecule has 1 aliphatic rings. The fourth-order valence-corrected chi connectivity index (χ4v) is 3.15. The Bertz CT molecular complexity index is 248. The van der Waals surface area contributed by atoms with Crippen molar-refractivity contribution in [3.05, 3.63) is 0 Å². The van der Waals surface area contributed by atoms with Crippen molar-refractivity contribution in [2.75, 3.05) is 18.6 Å².